The molecule has 1 amide bonds. The Kier molecular flexibility index (Phi) is 6.66. The summed E-state index contributed by atoms with van der Waals surface area (Å²) in [6.07, 6.45) is 1.52. The zero-order valence-corrected chi connectivity index (χ0v) is 19.8. The molecule has 3 N–H and O–H groups in total. The van der Waals surface area contributed by atoms with Crippen molar-refractivity contribution in [1.82, 2.24) is 30.7 Å². The maximum absolute atomic E-state index is 13.1. The molecule has 2 heterocycles. The summed E-state index contributed by atoms with van der Waals surface area (Å²) in [6, 6.07) is 24.7. The summed E-state index contributed by atoms with van der Waals surface area (Å²) in [7, 11) is 0. The molecule has 0 aliphatic rings. The molecule has 184 valence electrons. The van der Waals surface area contributed by atoms with Crippen LogP contribution in [0.15, 0.2) is 88.6 Å². The molecular weight excluding hydrogens is 472 g/mol. The average molecular weight is 495 g/mol. The van der Waals surface area contributed by atoms with Crippen LogP contribution in [0.1, 0.15) is 27.2 Å². The van der Waals surface area contributed by atoms with Crippen LogP contribution in [0.5, 0.6) is 5.75 Å². The normalized spacial score (nSPS) is 11.1. The van der Waals surface area contributed by atoms with E-state index in [1.807, 2.05) is 61.5 Å². The Labute approximate surface area is 211 Å². The summed E-state index contributed by atoms with van der Waals surface area (Å²) in [4.78, 5) is 13.1. The monoisotopic (exact) mass is 494 g/mol. The lowest BCUT2D eigenvalue weighted by Crippen LogP contribution is -2.22. The van der Waals surface area contributed by atoms with Crippen molar-refractivity contribution in [2.45, 2.75) is 13.5 Å². The Balaban J connectivity index is 1.29. The predicted octanol–water partition coefficient (Wildman–Crippen LogP) is 3.55. The summed E-state index contributed by atoms with van der Waals surface area (Å²) >= 11 is 0. The molecule has 5 rings (SSSR count). The van der Waals surface area contributed by atoms with Crippen molar-refractivity contribution in [2.24, 2.45) is 5.10 Å². The van der Waals surface area contributed by atoms with E-state index >= 15 is 0 Å². The maximum Gasteiger partial charge on any atom is 0.292 e. The molecule has 37 heavy (non-hydrogen) atoms. The van der Waals surface area contributed by atoms with Crippen molar-refractivity contribution in [3.05, 3.63) is 101 Å². The number of benzene rings is 3. The van der Waals surface area contributed by atoms with E-state index in [-0.39, 0.29) is 17.3 Å². The summed E-state index contributed by atoms with van der Waals surface area (Å²) in [5.41, 5.74) is 12.5. The molecule has 0 atom stereocenters. The molecule has 11 heteroatoms. The Morgan fingerprint density at radius 1 is 1.05 bits per heavy atom. The molecule has 0 spiro atoms. The molecule has 0 radical (unpaired) electrons. The third kappa shape index (κ3) is 5.35. The molecule has 0 unspecified atom stereocenters. The van der Waals surface area contributed by atoms with Gasteiger partial charge in [0.1, 0.15) is 18.1 Å². The number of hydrogen-bond acceptors (Lipinski definition) is 9. The SMILES string of the molecule is Cc1ccc(COc2ccc(/C=N/NC(=O)c3c(-c4ccccc4)nnn3-c3nonc3N)cc2)cc1. The third-order valence-electron chi connectivity index (χ3n) is 5.41. The van der Waals surface area contributed by atoms with Crippen LogP contribution in [0.4, 0.5) is 5.82 Å². The number of amides is 1. The average Bonchev–Trinajstić information content (AvgIpc) is 3.55. The summed E-state index contributed by atoms with van der Waals surface area (Å²) < 4.78 is 11.7. The molecule has 0 bridgehead atoms. The molecular formula is C26H22N8O3. The Morgan fingerprint density at radius 2 is 1.81 bits per heavy atom. The first-order valence-corrected chi connectivity index (χ1v) is 11.3. The number of nitrogens with two attached hydrogens (primary N) is 1. The minimum atomic E-state index is -0.569. The van der Waals surface area contributed by atoms with Crippen LogP contribution in [0, 0.1) is 6.92 Å². The second kappa shape index (κ2) is 10.5. The summed E-state index contributed by atoms with van der Waals surface area (Å²) in [5, 5.41) is 19.5. The van der Waals surface area contributed by atoms with E-state index in [1.54, 1.807) is 12.1 Å². The predicted molar refractivity (Wildman–Crippen MR) is 136 cm³/mol. The Bertz CT molecular complexity index is 1520. The van der Waals surface area contributed by atoms with Gasteiger partial charge in [0.2, 0.25) is 11.6 Å². The van der Waals surface area contributed by atoms with Crippen LogP contribution < -0.4 is 15.9 Å². The van der Waals surface area contributed by atoms with Gasteiger partial charge < -0.3 is 10.5 Å². The number of anilines is 1. The van der Waals surface area contributed by atoms with Crippen LogP contribution in [0.3, 0.4) is 0 Å². The fraction of sp³-hybridized carbons (Fsp3) is 0.0769. The molecule has 5 aromatic rings. The van der Waals surface area contributed by atoms with Gasteiger partial charge in [0.05, 0.1) is 6.21 Å². The van der Waals surface area contributed by atoms with Gasteiger partial charge in [-0.3, -0.25) is 4.79 Å². The number of aromatic nitrogens is 5. The highest BCUT2D eigenvalue weighted by Gasteiger charge is 2.25. The zero-order valence-electron chi connectivity index (χ0n) is 19.8. The van der Waals surface area contributed by atoms with E-state index in [9.17, 15) is 4.79 Å². The van der Waals surface area contributed by atoms with Crippen LogP contribution in [-0.2, 0) is 6.61 Å². The van der Waals surface area contributed by atoms with E-state index in [0.717, 1.165) is 16.9 Å². The fourth-order valence-corrected chi connectivity index (χ4v) is 3.48. The second-order valence-corrected chi connectivity index (χ2v) is 8.08. The second-order valence-electron chi connectivity index (χ2n) is 8.08. The molecule has 0 aliphatic heterocycles. The van der Waals surface area contributed by atoms with Crippen molar-refractivity contribution >= 4 is 17.9 Å². The van der Waals surface area contributed by atoms with Crippen LogP contribution in [-0.4, -0.2) is 37.4 Å². The van der Waals surface area contributed by atoms with Crippen molar-refractivity contribution in [2.75, 3.05) is 5.73 Å². The van der Waals surface area contributed by atoms with E-state index in [0.29, 0.717) is 17.9 Å². The number of aryl methyl sites for hydroxylation is 1. The largest absolute Gasteiger partial charge is 0.489 e. The fourth-order valence-electron chi connectivity index (χ4n) is 3.48. The Morgan fingerprint density at radius 3 is 2.51 bits per heavy atom. The highest BCUT2D eigenvalue weighted by atomic mass is 16.6. The van der Waals surface area contributed by atoms with Crippen LogP contribution in [0.2, 0.25) is 0 Å². The van der Waals surface area contributed by atoms with E-state index in [2.05, 4.69) is 47.9 Å². The number of rotatable bonds is 8. The smallest absolute Gasteiger partial charge is 0.292 e. The van der Waals surface area contributed by atoms with Crippen LogP contribution >= 0.6 is 0 Å². The van der Waals surface area contributed by atoms with Crippen molar-refractivity contribution in [3.8, 4) is 22.8 Å². The first kappa shape index (κ1) is 23.4. The maximum atomic E-state index is 13.1. The number of nitrogen functional groups attached to an aromatic ring is 1. The standard InChI is InChI=1S/C26H22N8O3/c1-17-7-9-19(10-8-17)16-36-21-13-11-18(12-14-21)15-28-30-26(35)23-22(20-5-3-2-4-6-20)29-33-34(23)25-24(27)31-37-32-25/h2-15H,16H2,1H3,(H2,27,31)(H,30,35)/b28-15+. The van der Waals surface area contributed by atoms with Gasteiger partial charge in [-0.1, -0.05) is 65.4 Å². The van der Waals surface area contributed by atoms with Gasteiger partial charge in [-0.15, -0.1) is 5.10 Å². The summed E-state index contributed by atoms with van der Waals surface area (Å²) in [6.45, 7) is 2.52. The summed E-state index contributed by atoms with van der Waals surface area (Å²) in [5.74, 6) is 0.167. The first-order chi connectivity index (χ1) is 18.1. The number of hydrogen-bond donors (Lipinski definition) is 2. The van der Waals surface area contributed by atoms with Crippen LogP contribution in [0.25, 0.3) is 17.1 Å². The molecule has 0 saturated carbocycles. The van der Waals surface area contributed by atoms with E-state index in [1.165, 1.54) is 16.5 Å². The number of hydrazone groups is 1. The number of nitrogens with zero attached hydrogens (tertiary/aromatic N) is 6. The molecule has 0 saturated heterocycles. The zero-order chi connectivity index (χ0) is 25.6. The molecule has 0 aliphatic carbocycles. The highest BCUT2D eigenvalue weighted by molar-refractivity contribution is 5.99. The molecule has 2 aromatic heterocycles. The lowest BCUT2D eigenvalue weighted by atomic mass is 10.1. The third-order valence-corrected chi connectivity index (χ3v) is 5.41. The van der Waals surface area contributed by atoms with Crippen molar-refractivity contribution in [1.29, 1.82) is 0 Å². The highest BCUT2D eigenvalue weighted by Crippen LogP contribution is 2.24. The van der Waals surface area contributed by atoms with E-state index < -0.39 is 5.91 Å². The van der Waals surface area contributed by atoms with Crippen molar-refractivity contribution in [3.63, 3.8) is 0 Å². The quantitative estimate of drug-likeness (QED) is 0.246. The number of nitrogens with one attached hydrogen (secondary N) is 1. The number of carbonyl (C=O) groups excluding carboxylic acids is 1. The van der Waals surface area contributed by atoms with E-state index in [4.69, 9.17) is 10.5 Å². The molecule has 3 aromatic carbocycles. The lowest BCUT2D eigenvalue weighted by molar-refractivity contribution is 0.0947. The minimum absolute atomic E-state index is 0.0354. The van der Waals surface area contributed by atoms with Gasteiger partial charge in [-0.25, -0.2) is 10.1 Å². The number of carbonyl (C=O) groups is 1. The lowest BCUT2D eigenvalue weighted by Gasteiger charge is -2.07. The van der Waals surface area contributed by atoms with Gasteiger partial charge in [-0.2, -0.15) is 9.78 Å². The molecule has 0 fully saturated rings. The van der Waals surface area contributed by atoms with Crippen molar-refractivity contribution < 1.29 is 14.2 Å². The van der Waals surface area contributed by atoms with Gasteiger partial charge in [0.25, 0.3) is 5.91 Å². The van der Waals surface area contributed by atoms with Gasteiger partial charge >= 0.3 is 0 Å². The van der Waals surface area contributed by atoms with Gasteiger partial charge in [0.15, 0.2) is 5.69 Å². The van der Waals surface area contributed by atoms with Gasteiger partial charge in [0, 0.05) is 5.56 Å². The first-order valence-electron chi connectivity index (χ1n) is 11.3. The topological polar surface area (TPSA) is 146 Å². The Hall–Kier alpha value is -5.32. The molecule has 11 nitrogen and oxygen atoms in total. The number of ether oxygens (including phenoxy) is 1. The minimum Gasteiger partial charge on any atom is -0.489 e. The van der Waals surface area contributed by atoms with Gasteiger partial charge in [-0.05, 0) is 52.6 Å².